The van der Waals surface area contributed by atoms with Gasteiger partial charge in [-0.05, 0) is 72.3 Å². The highest BCUT2D eigenvalue weighted by molar-refractivity contribution is 8.18. The summed E-state index contributed by atoms with van der Waals surface area (Å²) < 4.78 is 11.0. The number of ether oxygens (including phenoxy) is 2. The van der Waals surface area contributed by atoms with Crippen molar-refractivity contribution in [2.75, 3.05) is 13.2 Å². The lowest BCUT2D eigenvalue weighted by Gasteiger charge is -2.13. The van der Waals surface area contributed by atoms with Gasteiger partial charge in [0.15, 0.2) is 0 Å². The Kier molecular flexibility index (Phi) is 7.35. The van der Waals surface area contributed by atoms with Gasteiger partial charge in [-0.2, -0.15) is 0 Å². The Balaban J connectivity index is 1.36. The van der Waals surface area contributed by atoms with Crippen molar-refractivity contribution in [3.8, 4) is 11.5 Å². The van der Waals surface area contributed by atoms with Crippen molar-refractivity contribution >= 4 is 46.6 Å². The van der Waals surface area contributed by atoms with E-state index in [2.05, 4.69) is 0 Å². The molecular formula is C26H20ClNO5S. The number of imide groups is 1. The summed E-state index contributed by atoms with van der Waals surface area (Å²) in [5.41, 5.74) is 2.03. The summed E-state index contributed by atoms with van der Waals surface area (Å²) >= 11 is 6.91. The van der Waals surface area contributed by atoms with Gasteiger partial charge in [0.2, 0.25) is 0 Å². The Morgan fingerprint density at radius 2 is 1.76 bits per heavy atom. The number of nitrogens with zero attached hydrogens (tertiary/aromatic N) is 1. The lowest BCUT2D eigenvalue weighted by Crippen LogP contribution is -2.32. The van der Waals surface area contributed by atoms with Crippen LogP contribution in [0, 0.1) is 6.92 Å². The van der Waals surface area contributed by atoms with Gasteiger partial charge in [0.25, 0.3) is 11.1 Å². The molecule has 2 amide bonds. The maximum absolute atomic E-state index is 12.7. The predicted octanol–water partition coefficient (Wildman–Crippen LogP) is 5.98. The summed E-state index contributed by atoms with van der Waals surface area (Å²) in [6, 6.07) is 20.8. The molecule has 0 atom stereocenters. The maximum atomic E-state index is 12.7. The Morgan fingerprint density at radius 3 is 2.50 bits per heavy atom. The van der Waals surface area contributed by atoms with Gasteiger partial charge >= 0.3 is 5.97 Å². The van der Waals surface area contributed by atoms with Crippen molar-refractivity contribution in [2.45, 2.75) is 6.92 Å². The molecule has 0 spiro atoms. The number of carbonyl (C=O) groups excluding carboxylic acids is 3. The molecule has 0 aliphatic carbocycles. The van der Waals surface area contributed by atoms with Gasteiger partial charge in [-0.25, -0.2) is 4.79 Å². The number of aryl methyl sites for hydroxylation is 1. The summed E-state index contributed by atoms with van der Waals surface area (Å²) in [5, 5.41) is -0.0292. The van der Waals surface area contributed by atoms with Gasteiger partial charge in [0, 0.05) is 0 Å². The SMILES string of the molecule is Cc1cccc(OCCN2C(=O)S/C(=C\c3ccc(OC(=O)c4ccccc4Cl)cc3)C2=O)c1. The molecule has 6 nitrogen and oxygen atoms in total. The van der Waals surface area contributed by atoms with E-state index in [-0.39, 0.29) is 29.9 Å². The van der Waals surface area contributed by atoms with Crippen LogP contribution in [0.15, 0.2) is 77.7 Å². The first-order valence-electron chi connectivity index (χ1n) is 10.4. The fraction of sp³-hybridized carbons (Fsp3) is 0.115. The van der Waals surface area contributed by atoms with E-state index in [1.165, 1.54) is 4.90 Å². The quantitative estimate of drug-likeness (QED) is 0.229. The van der Waals surface area contributed by atoms with E-state index in [0.29, 0.717) is 27.0 Å². The molecule has 1 saturated heterocycles. The Labute approximate surface area is 206 Å². The summed E-state index contributed by atoms with van der Waals surface area (Å²) in [6.45, 7) is 2.33. The van der Waals surface area contributed by atoms with Crippen molar-refractivity contribution in [1.29, 1.82) is 0 Å². The van der Waals surface area contributed by atoms with E-state index in [0.717, 1.165) is 17.3 Å². The van der Waals surface area contributed by atoms with E-state index >= 15 is 0 Å². The summed E-state index contributed by atoms with van der Waals surface area (Å²) in [7, 11) is 0. The van der Waals surface area contributed by atoms with Crippen LogP contribution in [0.5, 0.6) is 11.5 Å². The third-order valence-corrected chi connectivity index (χ3v) is 6.17. The smallest absolute Gasteiger partial charge is 0.345 e. The van der Waals surface area contributed by atoms with Crippen LogP contribution in [0.4, 0.5) is 4.79 Å². The van der Waals surface area contributed by atoms with Crippen molar-refractivity contribution in [3.63, 3.8) is 0 Å². The molecule has 4 rings (SSSR count). The van der Waals surface area contributed by atoms with Crippen LogP contribution in [0.1, 0.15) is 21.5 Å². The molecule has 0 N–H and O–H groups in total. The Hall–Kier alpha value is -3.55. The molecule has 3 aromatic carbocycles. The number of hydrogen-bond acceptors (Lipinski definition) is 6. The average molecular weight is 494 g/mol. The Bertz CT molecular complexity index is 1270. The van der Waals surface area contributed by atoms with Gasteiger partial charge in [-0.3, -0.25) is 14.5 Å². The van der Waals surface area contributed by atoms with Crippen molar-refractivity contribution < 1.29 is 23.9 Å². The zero-order chi connectivity index (χ0) is 24.1. The molecule has 1 fully saturated rings. The normalized spacial score (nSPS) is 14.5. The highest BCUT2D eigenvalue weighted by Gasteiger charge is 2.34. The number of benzene rings is 3. The van der Waals surface area contributed by atoms with Crippen LogP contribution in [-0.4, -0.2) is 35.2 Å². The van der Waals surface area contributed by atoms with Gasteiger partial charge < -0.3 is 9.47 Å². The van der Waals surface area contributed by atoms with Gasteiger partial charge in [0.05, 0.1) is 22.0 Å². The topological polar surface area (TPSA) is 72.9 Å². The van der Waals surface area contributed by atoms with Crippen LogP contribution in [-0.2, 0) is 4.79 Å². The van der Waals surface area contributed by atoms with Crippen LogP contribution in [0.3, 0.4) is 0 Å². The minimum atomic E-state index is -0.563. The molecule has 3 aromatic rings. The van der Waals surface area contributed by atoms with Crippen molar-refractivity contribution in [1.82, 2.24) is 4.90 Å². The second-order valence-electron chi connectivity index (χ2n) is 7.44. The van der Waals surface area contributed by atoms with Crippen LogP contribution in [0.2, 0.25) is 5.02 Å². The van der Waals surface area contributed by atoms with Crippen LogP contribution >= 0.6 is 23.4 Å². The van der Waals surface area contributed by atoms with Crippen LogP contribution < -0.4 is 9.47 Å². The molecule has 172 valence electrons. The minimum Gasteiger partial charge on any atom is -0.492 e. The van der Waals surface area contributed by atoms with E-state index in [1.54, 1.807) is 54.6 Å². The second-order valence-corrected chi connectivity index (χ2v) is 8.84. The zero-order valence-electron chi connectivity index (χ0n) is 18.2. The number of thioether (sulfide) groups is 1. The third kappa shape index (κ3) is 5.68. The molecule has 0 radical (unpaired) electrons. The third-order valence-electron chi connectivity index (χ3n) is 4.93. The fourth-order valence-corrected chi connectivity index (χ4v) is 4.30. The maximum Gasteiger partial charge on any atom is 0.345 e. The standard InChI is InChI=1S/C26H20ClNO5S/c1-17-5-4-6-20(15-17)32-14-13-28-24(29)23(34-26(28)31)16-18-9-11-19(12-10-18)33-25(30)21-7-2-3-8-22(21)27/h2-12,15-16H,13-14H2,1H3/b23-16-. The first-order valence-corrected chi connectivity index (χ1v) is 11.6. The first kappa shape index (κ1) is 23.6. The summed E-state index contributed by atoms with van der Waals surface area (Å²) in [5.74, 6) is 0.103. The largest absolute Gasteiger partial charge is 0.492 e. The molecule has 0 unspecified atom stereocenters. The molecule has 0 aromatic heterocycles. The zero-order valence-corrected chi connectivity index (χ0v) is 19.8. The molecule has 0 bridgehead atoms. The molecule has 1 aliphatic heterocycles. The summed E-state index contributed by atoms with van der Waals surface area (Å²) in [4.78, 5) is 38.8. The molecule has 1 aliphatic rings. The number of hydrogen-bond donors (Lipinski definition) is 0. The monoisotopic (exact) mass is 493 g/mol. The van der Waals surface area contributed by atoms with E-state index in [1.807, 2.05) is 31.2 Å². The fourth-order valence-electron chi connectivity index (χ4n) is 3.22. The highest BCUT2D eigenvalue weighted by atomic mass is 35.5. The van der Waals surface area contributed by atoms with Gasteiger partial charge in [-0.15, -0.1) is 0 Å². The lowest BCUT2D eigenvalue weighted by molar-refractivity contribution is -0.123. The number of halogens is 1. The lowest BCUT2D eigenvalue weighted by atomic mass is 10.2. The predicted molar refractivity (Wildman–Crippen MR) is 132 cm³/mol. The minimum absolute atomic E-state index is 0.160. The number of amides is 2. The van der Waals surface area contributed by atoms with Gasteiger partial charge in [0.1, 0.15) is 18.1 Å². The van der Waals surface area contributed by atoms with E-state index in [4.69, 9.17) is 21.1 Å². The molecular weight excluding hydrogens is 474 g/mol. The molecule has 8 heteroatoms. The number of carbonyl (C=O) groups is 3. The van der Waals surface area contributed by atoms with Crippen LogP contribution in [0.25, 0.3) is 6.08 Å². The summed E-state index contributed by atoms with van der Waals surface area (Å²) in [6.07, 6.45) is 1.63. The van der Waals surface area contributed by atoms with Crippen molar-refractivity contribution in [2.24, 2.45) is 0 Å². The van der Waals surface area contributed by atoms with Crippen molar-refractivity contribution in [3.05, 3.63) is 99.4 Å². The Morgan fingerprint density at radius 1 is 1.00 bits per heavy atom. The van der Waals surface area contributed by atoms with E-state index < -0.39 is 5.97 Å². The molecule has 34 heavy (non-hydrogen) atoms. The van der Waals surface area contributed by atoms with E-state index in [9.17, 15) is 14.4 Å². The second kappa shape index (κ2) is 10.6. The molecule has 0 saturated carbocycles. The first-order chi connectivity index (χ1) is 16.4. The molecule has 1 heterocycles. The average Bonchev–Trinajstić information content (AvgIpc) is 3.08. The van der Waals surface area contributed by atoms with Gasteiger partial charge in [-0.1, -0.05) is 48.0 Å². The number of rotatable bonds is 7. The number of esters is 1. The highest BCUT2D eigenvalue weighted by Crippen LogP contribution is 2.32.